The van der Waals surface area contributed by atoms with Gasteiger partial charge >= 0.3 is 17.9 Å². The second-order valence-electron chi connectivity index (χ2n) is 20.9. The molecule has 0 saturated heterocycles. The first-order valence-corrected chi connectivity index (χ1v) is 32.0. The summed E-state index contributed by atoms with van der Waals surface area (Å²) >= 11 is 0. The largest absolute Gasteiger partial charge is 0.462 e. The summed E-state index contributed by atoms with van der Waals surface area (Å²) in [7, 11) is 0. The SMILES string of the molecule is CC/C=C\C/C=C\C/C=C\C/C=C\C/C=C\CC(=O)OC(COC(=O)CCCCCCC/C=C\C/C=C\CCCCC)COC(=O)CCCCCCCCCCCCCCCC/C=C\C/C=C\C/C=C\CCCCCCC. The average Bonchev–Trinajstić information content (AvgIpc) is 3.43. The molecule has 0 aromatic heterocycles. The Hall–Kier alpha value is -4.19. The van der Waals surface area contributed by atoms with Crippen LogP contribution in [0.25, 0.3) is 0 Å². The molecular formula is C71H118O6. The van der Waals surface area contributed by atoms with E-state index in [1.165, 1.54) is 141 Å². The molecule has 0 heterocycles. The predicted octanol–water partition coefficient (Wildman–Crippen LogP) is 22.0. The van der Waals surface area contributed by atoms with Crippen molar-refractivity contribution in [2.75, 3.05) is 13.2 Å². The van der Waals surface area contributed by atoms with Gasteiger partial charge in [0.25, 0.3) is 0 Å². The van der Waals surface area contributed by atoms with Crippen LogP contribution in [-0.2, 0) is 28.6 Å². The highest BCUT2D eigenvalue weighted by molar-refractivity contribution is 5.72. The van der Waals surface area contributed by atoms with E-state index >= 15 is 0 Å². The normalized spacial score (nSPS) is 12.9. The van der Waals surface area contributed by atoms with Crippen molar-refractivity contribution in [3.8, 4) is 0 Å². The second-order valence-corrected chi connectivity index (χ2v) is 20.9. The van der Waals surface area contributed by atoms with Crippen LogP contribution in [0.15, 0.2) is 122 Å². The summed E-state index contributed by atoms with van der Waals surface area (Å²) in [5, 5.41) is 0. The van der Waals surface area contributed by atoms with Crippen LogP contribution in [0.1, 0.15) is 290 Å². The van der Waals surface area contributed by atoms with Gasteiger partial charge in [0.15, 0.2) is 6.10 Å². The highest BCUT2D eigenvalue weighted by Gasteiger charge is 2.19. The van der Waals surface area contributed by atoms with E-state index in [1.807, 2.05) is 6.08 Å². The first-order valence-electron chi connectivity index (χ1n) is 32.0. The predicted molar refractivity (Wildman–Crippen MR) is 334 cm³/mol. The molecule has 1 unspecified atom stereocenters. The smallest absolute Gasteiger partial charge is 0.310 e. The molecule has 0 aliphatic heterocycles. The third-order valence-electron chi connectivity index (χ3n) is 13.5. The molecule has 0 aromatic rings. The molecule has 0 aromatic carbocycles. The zero-order valence-electron chi connectivity index (χ0n) is 50.2. The minimum atomic E-state index is -0.842. The second kappa shape index (κ2) is 64.3. The molecule has 0 spiro atoms. The van der Waals surface area contributed by atoms with Gasteiger partial charge in [-0.1, -0.05) is 277 Å². The van der Waals surface area contributed by atoms with Gasteiger partial charge in [-0.3, -0.25) is 14.4 Å². The van der Waals surface area contributed by atoms with Crippen molar-refractivity contribution in [2.45, 2.75) is 297 Å². The number of ether oxygens (including phenoxy) is 3. The van der Waals surface area contributed by atoms with Crippen LogP contribution < -0.4 is 0 Å². The van der Waals surface area contributed by atoms with E-state index in [0.717, 1.165) is 103 Å². The van der Waals surface area contributed by atoms with Crippen LogP contribution in [0.4, 0.5) is 0 Å². The summed E-state index contributed by atoms with van der Waals surface area (Å²) in [6, 6.07) is 0. The lowest BCUT2D eigenvalue weighted by Gasteiger charge is -2.18. The van der Waals surface area contributed by atoms with Gasteiger partial charge in [0.2, 0.25) is 0 Å². The maximum atomic E-state index is 12.8. The molecule has 0 aliphatic carbocycles. The summed E-state index contributed by atoms with van der Waals surface area (Å²) in [6.45, 7) is 6.40. The Bertz CT molecular complexity index is 1600. The lowest BCUT2D eigenvalue weighted by Crippen LogP contribution is -2.30. The van der Waals surface area contributed by atoms with E-state index in [1.54, 1.807) is 6.08 Å². The zero-order valence-corrected chi connectivity index (χ0v) is 50.2. The maximum absolute atomic E-state index is 12.8. The Morgan fingerprint density at radius 2 is 0.545 bits per heavy atom. The third-order valence-corrected chi connectivity index (χ3v) is 13.5. The minimum absolute atomic E-state index is 0.0907. The van der Waals surface area contributed by atoms with E-state index in [4.69, 9.17) is 14.2 Å². The highest BCUT2D eigenvalue weighted by atomic mass is 16.6. The van der Waals surface area contributed by atoms with Crippen LogP contribution in [-0.4, -0.2) is 37.2 Å². The quantitative estimate of drug-likeness (QED) is 0.0261. The van der Waals surface area contributed by atoms with Gasteiger partial charge in [0.1, 0.15) is 13.2 Å². The van der Waals surface area contributed by atoms with Gasteiger partial charge in [0, 0.05) is 12.8 Å². The van der Waals surface area contributed by atoms with Crippen molar-refractivity contribution in [3.05, 3.63) is 122 Å². The summed E-state index contributed by atoms with van der Waals surface area (Å²) in [5.74, 6) is -1.07. The number of rotatable bonds is 57. The lowest BCUT2D eigenvalue weighted by atomic mass is 10.0. The summed E-state index contributed by atoms with van der Waals surface area (Å²) < 4.78 is 16.8. The highest BCUT2D eigenvalue weighted by Crippen LogP contribution is 2.15. The number of esters is 3. The summed E-state index contributed by atoms with van der Waals surface area (Å²) in [5.41, 5.74) is 0. The fourth-order valence-electron chi connectivity index (χ4n) is 8.67. The van der Waals surface area contributed by atoms with Crippen molar-refractivity contribution >= 4 is 17.9 Å². The van der Waals surface area contributed by atoms with Gasteiger partial charge in [-0.25, -0.2) is 0 Å². The molecule has 77 heavy (non-hydrogen) atoms. The third kappa shape index (κ3) is 62.5. The van der Waals surface area contributed by atoms with E-state index in [2.05, 4.69) is 130 Å². The number of unbranched alkanes of at least 4 members (excludes halogenated alkanes) is 27. The monoisotopic (exact) mass is 1070 g/mol. The molecule has 6 nitrogen and oxygen atoms in total. The zero-order chi connectivity index (χ0) is 55.7. The number of hydrogen-bond donors (Lipinski definition) is 0. The van der Waals surface area contributed by atoms with Gasteiger partial charge in [-0.15, -0.1) is 0 Å². The van der Waals surface area contributed by atoms with Crippen molar-refractivity contribution in [1.29, 1.82) is 0 Å². The van der Waals surface area contributed by atoms with E-state index in [-0.39, 0.29) is 31.6 Å². The van der Waals surface area contributed by atoms with Crippen LogP contribution >= 0.6 is 0 Å². The van der Waals surface area contributed by atoms with Crippen LogP contribution in [0.2, 0.25) is 0 Å². The molecule has 0 N–H and O–H groups in total. The molecule has 1 atom stereocenters. The van der Waals surface area contributed by atoms with Crippen LogP contribution in [0, 0.1) is 0 Å². The Morgan fingerprint density at radius 3 is 0.883 bits per heavy atom. The molecule has 0 fully saturated rings. The summed E-state index contributed by atoms with van der Waals surface area (Å²) in [4.78, 5) is 38.2. The average molecular weight is 1070 g/mol. The minimum Gasteiger partial charge on any atom is -0.462 e. The van der Waals surface area contributed by atoms with Crippen molar-refractivity contribution in [3.63, 3.8) is 0 Å². The van der Waals surface area contributed by atoms with Crippen molar-refractivity contribution in [2.24, 2.45) is 0 Å². The Kier molecular flexibility index (Phi) is 60.8. The Balaban J connectivity index is 4.34. The molecular weight excluding hydrogens is 949 g/mol. The van der Waals surface area contributed by atoms with Gasteiger partial charge in [-0.2, -0.15) is 0 Å². The molecule has 0 bridgehead atoms. The maximum Gasteiger partial charge on any atom is 0.310 e. The fourth-order valence-corrected chi connectivity index (χ4v) is 8.67. The van der Waals surface area contributed by atoms with E-state index < -0.39 is 12.1 Å². The van der Waals surface area contributed by atoms with Gasteiger partial charge < -0.3 is 14.2 Å². The molecule has 6 heteroatoms. The number of carbonyl (C=O) groups excluding carboxylic acids is 3. The van der Waals surface area contributed by atoms with Crippen LogP contribution in [0.3, 0.4) is 0 Å². The van der Waals surface area contributed by atoms with E-state index in [0.29, 0.717) is 19.3 Å². The van der Waals surface area contributed by atoms with Gasteiger partial charge in [0.05, 0.1) is 6.42 Å². The fraction of sp³-hybridized carbons (Fsp3) is 0.676. The molecule has 0 radical (unpaired) electrons. The Labute approximate surface area is 475 Å². The number of hydrogen-bond acceptors (Lipinski definition) is 6. The van der Waals surface area contributed by atoms with Crippen molar-refractivity contribution in [1.82, 2.24) is 0 Å². The van der Waals surface area contributed by atoms with Crippen LogP contribution in [0.5, 0.6) is 0 Å². The first-order chi connectivity index (χ1) is 38.0. The molecule has 438 valence electrons. The standard InChI is InChI=1S/C71H118O6/c1-4-7-10-13-16-19-22-25-28-29-30-31-32-33-34-35-36-37-38-39-40-41-44-46-49-52-55-58-61-64-70(73)76-67-68(77-71(74)65-62-59-56-53-50-47-43-27-24-21-18-15-12-9-6-3)66-75-69(72)63-60-57-54-51-48-45-42-26-23-20-17-14-11-8-5-2/h9,12,17-18,20-22,25-27,29-30,32-33,42-43,50,53,59,62,68H,4-8,10-11,13-16,19,23-24,28,31,34-41,44-49,51-52,54-58,60-61,63-67H2,1-3H3/b12-9-,20-17-,21-18-,25-22-,30-29-,33-32-,42-26-,43-27-,53-50-,62-59-. The Morgan fingerprint density at radius 1 is 0.286 bits per heavy atom. The number of carbonyl (C=O) groups is 3. The molecule has 0 aliphatic rings. The topological polar surface area (TPSA) is 78.9 Å². The number of allylic oxidation sites excluding steroid dienone is 19. The molecule has 0 amide bonds. The summed E-state index contributed by atoms with van der Waals surface area (Å²) in [6.07, 6.45) is 89.5. The molecule has 0 saturated carbocycles. The van der Waals surface area contributed by atoms with Crippen molar-refractivity contribution < 1.29 is 28.6 Å². The van der Waals surface area contributed by atoms with Gasteiger partial charge in [-0.05, 0) is 116 Å². The first kappa shape index (κ1) is 72.8. The lowest BCUT2D eigenvalue weighted by molar-refractivity contribution is -0.166. The van der Waals surface area contributed by atoms with E-state index in [9.17, 15) is 14.4 Å². The molecule has 0 rings (SSSR count).